The summed E-state index contributed by atoms with van der Waals surface area (Å²) in [5.41, 5.74) is 0.0160. The normalized spacial score (nSPS) is 17.6. The topological polar surface area (TPSA) is 49.7 Å². The number of para-hydroxylation sites is 1. The highest BCUT2D eigenvalue weighted by molar-refractivity contribution is 6.30. The lowest BCUT2D eigenvalue weighted by Crippen LogP contribution is -2.32. The Labute approximate surface area is 141 Å². The van der Waals surface area contributed by atoms with E-state index in [1.54, 1.807) is 37.3 Å². The fourth-order valence-corrected chi connectivity index (χ4v) is 2.61. The zero-order valence-corrected chi connectivity index (χ0v) is 13.1. The van der Waals surface area contributed by atoms with E-state index < -0.39 is 29.3 Å². The first-order valence-corrected chi connectivity index (χ1v) is 7.44. The van der Waals surface area contributed by atoms with E-state index >= 15 is 0 Å². The van der Waals surface area contributed by atoms with Gasteiger partial charge in [0.1, 0.15) is 5.92 Å². The summed E-state index contributed by atoms with van der Waals surface area (Å²) in [5.74, 6) is -2.22. The third-order valence-corrected chi connectivity index (χ3v) is 3.89. The first-order chi connectivity index (χ1) is 11.8. The van der Waals surface area contributed by atoms with Crippen molar-refractivity contribution in [2.24, 2.45) is 11.0 Å². The van der Waals surface area contributed by atoms with Crippen molar-refractivity contribution in [3.8, 4) is 0 Å². The van der Waals surface area contributed by atoms with Gasteiger partial charge >= 0.3 is 6.18 Å². The van der Waals surface area contributed by atoms with Gasteiger partial charge in [-0.05, 0) is 31.2 Å². The Morgan fingerprint density at radius 3 is 2.20 bits per heavy atom. The van der Waals surface area contributed by atoms with Gasteiger partial charge in [0.25, 0.3) is 5.91 Å². The van der Waals surface area contributed by atoms with Crippen LogP contribution in [0.15, 0.2) is 59.7 Å². The van der Waals surface area contributed by atoms with E-state index in [0.29, 0.717) is 11.4 Å². The van der Waals surface area contributed by atoms with Gasteiger partial charge in [-0.3, -0.25) is 9.59 Å². The largest absolute Gasteiger partial charge is 0.416 e. The molecule has 2 aromatic rings. The summed E-state index contributed by atoms with van der Waals surface area (Å²) < 4.78 is 37.9. The van der Waals surface area contributed by atoms with Crippen molar-refractivity contribution in [1.82, 2.24) is 0 Å². The van der Waals surface area contributed by atoms with Crippen LogP contribution in [0, 0.1) is 5.92 Å². The van der Waals surface area contributed by atoms with E-state index in [9.17, 15) is 22.8 Å². The fourth-order valence-electron chi connectivity index (χ4n) is 2.61. The van der Waals surface area contributed by atoms with E-state index in [-0.39, 0.29) is 5.56 Å². The lowest BCUT2D eigenvalue weighted by Gasteiger charge is -2.14. The van der Waals surface area contributed by atoms with Crippen LogP contribution in [0.25, 0.3) is 0 Å². The molecule has 0 saturated carbocycles. The quantitative estimate of drug-likeness (QED) is 0.625. The Morgan fingerprint density at radius 1 is 1.04 bits per heavy atom. The minimum absolute atomic E-state index is 0.0378. The maximum absolute atomic E-state index is 12.6. The number of ketones is 1. The van der Waals surface area contributed by atoms with Crippen LogP contribution in [0.1, 0.15) is 22.8 Å². The molecule has 1 aliphatic heterocycles. The van der Waals surface area contributed by atoms with Gasteiger partial charge in [0.2, 0.25) is 0 Å². The highest BCUT2D eigenvalue weighted by Crippen LogP contribution is 2.30. The molecule has 2 aromatic carbocycles. The Balaban J connectivity index is 1.86. The first-order valence-electron chi connectivity index (χ1n) is 7.44. The molecule has 7 heteroatoms. The first kappa shape index (κ1) is 16.9. The number of Topliss-reactive ketones (excluding diaryl/α,β-unsaturated/α-hetero) is 1. The maximum Gasteiger partial charge on any atom is 0.416 e. The minimum Gasteiger partial charge on any atom is -0.293 e. The van der Waals surface area contributed by atoms with Crippen molar-refractivity contribution < 1.29 is 22.8 Å². The van der Waals surface area contributed by atoms with Gasteiger partial charge in [-0.25, -0.2) is 0 Å². The molecule has 0 fully saturated rings. The lowest BCUT2D eigenvalue weighted by molar-refractivity contribution is -0.137. The van der Waals surface area contributed by atoms with Gasteiger partial charge in [-0.1, -0.05) is 30.3 Å². The molecule has 0 radical (unpaired) electrons. The number of carbonyl (C=O) groups excluding carboxylic acids is 2. The minimum atomic E-state index is -4.48. The number of carbonyl (C=O) groups is 2. The number of anilines is 1. The zero-order chi connectivity index (χ0) is 18.2. The third-order valence-electron chi connectivity index (χ3n) is 3.89. The zero-order valence-electron chi connectivity index (χ0n) is 13.1. The number of hydrazone groups is 1. The predicted octanol–water partition coefficient (Wildman–Crippen LogP) is 3.93. The van der Waals surface area contributed by atoms with Crippen molar-refractivity contribution in [1.29, 1.82) is 0 Å². The highest BCUT2D eigenvalue weighted by atomic mass is 19.4. The fraction of sp³-hybridized carbons (Fsp3) is 0.167. The summed E-state index contributed by atoms with van der Waals surface area (Å²) in [6.07, 6.45) is -4.48. The average Bonchev–Trinajstić information content (AvgIpc) is 2.89. The van der Waals surface area contributed by atoms with E-state index in [1.807, 2.05) is 0 Å². The van der Waals surface area contributed by atoms with Crippen LogP contribution in [0.5, 0.6) is 0 Å². The van der Waals surface area contributed by atoms with Crippen LogP contribution in [-0.4, -0.2) is 17.4 Å². The van der Waals surface area contributed by atoms with Crippen LogP contribution in [0.4, 0.5) is 18.9 Å². The predicted molar refractivity (Wildman–Crippen MR) is 86.3 cm³/mol. The van der Waals surface area contributed by atoms with Gasteiger partial charge in [-0.15, -0.1) is 0 Å². The van der Waals surface area contributed by atoms with E-state index in [4.69, 9.17) is 0 Å². The third kappa shape index (κ3) is 3.17. The highest BCUT2D eigenvalue weighted by Gasteiger charge is 2.40. The summed E-state index contributed by atoms with van der Waals surface area (Å²) in [6, 6.07) is 12.4. The van der Waals surface area contributed by atoms with Crippen LogP contribution in [-0.2, 0) is 11.0 Å². The van der Waals surface area contributed by atoms with Crippen LogP contribution < -0.4 is 5.01 Å². The Hall–Kier alpha value is -2.96. The molecule has 0 saturated heterocycles. The smallest absolute Gasteiger partial charge is 0.293 e. The molecular weight excluding hydrogens is 333 g/mol. The van der Waals surface area contributed by atoms with Gasteiger partial charge in [0.15, 0.2) is 5.78 Å². The number of halogens is 3. The van der Waals surface area contributed by atoms with Gasteiger partial charge in [0.05, 0.1) is 17.0 Å². The van der Waals surface area contributed by atoms with E-state index in [2.05, 4.69) is 5.10 Å². The number of nitrogens with zero attached hydrogens (tertiary/aromatic N) is 2. The van der Waals surface area contributed by atoms with Crippen molar-refractivity contribution in [2.45, 2.75) is 13.1 Å². The lowest BCUT2D eigenvalue weighted by atomic mass is 9.93. The molecule has 128 valence electrons. The number of amides is 1. The Morgan fingerprint density at radius 2 is 1.64 bits per heavy atom. The molecule has 1 atom stereocenters. The number of alkyl halides is 3. The molecule has 0 aliphatic carbocycles. The standard InChI is InChI=1S/C18H13F3N2O2/c1-11-15(17(25)23(22-11)14-5-3-2-4-6-14)16(24)12-7-9-13(10-8-12)18(19,20)21/h2-10,15H,1H3. The molecule has 1 unspecified atom stereocenters. The summed E-state index contributed by atoms with van der Waals surface area (Å²) in [7, 11) is 0. The maximum atomic E-state index is 12.6. The second kappa shape index (κ2) is 6.16. The number of rotatable bonds is 3. The Bertz CT molecular complexity index is 843. The molecule has 0 N–H and O–H groups in total. The Kier molecular flexibility index (Phi) is 4.16. The molecule has 3 rings (SSSR count). The molecule has 4 nitrogen and oxygen atoms in total. The number of hydrogen-bond donors (Lipinski definition) is 0. The monoisotopic (exact) mass is 346 g/mol. The summed E-state index contributed by atoms with van der Waals surface area (Å²) in [4.78, 5) is 25.2. The van der Waals surface area contributed by atoms with E-state index in [0.717, 1.165) is 29.3 Å². The molecule has 25 heavy (non-hydrogen) atoms. The molecule has 0 spiro atoms. The summed E-state index contributed by atoms with van der Waals surface area (Å²) in [6.45, 7) is 1.55. The van der Waals surface area contributed by atoms with E-state index in [1.165, 1.54) is 0 Å². The van der Waals surface area contributed by atoms with Crippen molar-refractivity contribution in [2.75, 3.05) is 5.01 Å². The molecule has 0 aromatic heterocycles. The van der Waals surface area contributed by atoms with Gasteiger partial charge in [-0.2, -0.15) is 23.3 Å². The van der Waals surface area contributed by atoms with Gasteiger partial charge in [0, 0.05) is 5.56 Å². The van der Waals surface area contributed by atoms with Crippen molar-refractivity contribution in [3.05, 3.63) is 65.7 Å². The van der Waals surface area contributed by atoms with Crippen LogP contribution in [0.2, 0.25) is 0 Å². The molecule has 0 bridgehead atoms. The van der Waals surface area contributed by atoms with Gasteiger partial charge < -0.3 is 0 Å². The van der Waals surface area contributed by atoms with Crippen LogP contribution >= 0.6 is 0 Å². The average molecular weight is 346 g/mol. The SMILES string of the molecule is CC1=NN(c2ccccc2)C(=O)C1C(=O)c1ccc(C(F)(F)F)cc1. The van der Waals surface area contributed by atoms with Crippen LogP contribution in [0.3, 0.4) is 0 Å². The second-order valence-electron chi connectivity index (χ2n) is 5.60. The van der Waals surface area contributed by atoms with Crippen molar-refractivity contribution >= 4 is 23.1 Å². The second-order valence-corrected chi connectivity index (χ2v) is 5.60. The molecular formula is C18H13F3N2O2. The molecule has 1 aliphatic rings. The molecule has 1 amide bonds. The van der Waals surface area contributed by atoms with Crippen molar-refractivity contribution in [3.63, 3.8) is 0 Å². The number of hydrogen-bond acceptors (Lipinski definition) is 3. The number of benzene rings is 2. The molecule has 1 heterocycles. The summed E-state index contributed by atoms with van der Waals surface area (Å²) >= 11 is 0. The summed E-state index contributed by atoms with van der Waals surface area (Å²) in [5, 5.41) is 5.27.